The summed E-state index contributed by atoms with van der Waals surface area (Å²) in [4.78, 5) is 4.86. The fraction of sp³-hybridized carbons (Fsp3) is 0.364. The van der Waals surface area contributed by atoms with E-state index < -0.39 is 0 Å². The molecule has 2 heterocycles. The quantitative estimate of drug-likeness (QED) is 0.668. The van der Waals surface area contributed by atoms with Crippen molar-refractivity contribution in [3.8, 4) is 11.5 Å². The van der Waals surface area contributed by atoms with Crippen LogP contribution in [0.3, 0.4) is 0 Å². The van der Waals surface area contributed by atoms with Gasteiger partial charge in [0.1, 0.15) is 5.82 Å². The second-order valence-electron chi connectivity index (χ2n) is 7.37. The van der Waals surface area contributed by atoms with Crippen molar-refractivity contribution in [3.63, 3.8) is 0 Å². The first-order valence-corrected chi connectivity index (χ1v) is 9.70. The maximum absolute atomic E-state index is 13.1. The van der Waals surface area contributed by atoms with E-state index in [1.807, 2.05) is 0 Å². The van der Waals surface area contributed by atoms with E-state index in [1.54, 1.807) is 12.1 Å². The van der Waals surface area contributed by atoms with Crippen LogP contribution in [0, 0.1) is 12.7 Å². The first-order chi connectivity index (χ1) is 13.6. The highest BCUT2D eigenvalue weighted by molar-refractivity contribution is 5.52. The van der Waals surface area contributed by atoms with E-state index in [0.717, 1.165) is 38.3 Å². The molecular formula is C22H25FN4O. The van der Waals surface area contributed by atoms with Crippen molar-refractivity contribution in [2.45, 2.75) is 26.4 Å². The van der Waals surface area contributed by atoms with Crippen molar-refractivity contribution < 1.29 is 8.81 Å². The largest absolute Gasteiger partial charge is 0.419 e. The molecule has 0 bridgehead atoms. The van der Waals surface area contributed by atoms with Crippen LogP contribution in [0.2, 0.25) is 0 Å². The molecule has 1 aliphatic rings. The third-order valence-corrected chi connectivity index (χ3v) is 5.50. The molecule has 1 fully saturated rings. The van der Waals surface area contributed by atoms with Gasteiger partial charge in [-0.25, -0.2) is 4.39 Å². The summed E-state index contributed by atoms with van der Waals surface area (Å²) in [7, 11) is 0. The average molecular weight is 380 g/mol. The number of aromatic nitrogens is 2. The third kappa shape index (κ3) is 4.13. The maximum Gasteiger partial charge on any atom is 0.247 e. The lowest BCUT2D eigenvalue weighted by molar-refractivity contribution is 0.0875. The minimum Gasteiger partial charge on any atom is -0.419 e. The van der Waals surface area contributed by atoms with Gasteiger partial charge in [-0.05, 0) is 49.2 Å². The van der Waals surface area contributed by atoms with E-state index in [9.17, 15) is 4.39 Å². The van der Waals surface area contributed by atoms with Gasteiger partial charge < -0.3 is 4.42 Å². The van der Waals surface area contributed by atoms with Gasteiger partial charge in [-0.2, -0.15) is 0 Å². The van der Waals surface area contributed by atoms with E-state index in [-0.39, 0.29) is 11.9 Å². The molecule has 0 saturated carbocycles. The first kappa shape index (κ1) is 18.8. The summed E-state index contributed by atoms with van der Waals surface area (Å²) in [5.41, 5.74) is 3.47. The lowest BCUT2D eigenvalue weighted by Crippen LogP contribution is -2.46. The Morgan fingerprint density at radius 3 is 2.43 bits per heavy atom. The standard InChI is InChI=1S/C22H25FN4O/c1-16-5-3-4-6-19(16)15-26-11-13-27(14-12-26)17(2)21-24-25-22(28-21)18-7-9-20(23)10-8-18/h3-10,17H,11-15H2,1-2H3/t17-/m0/s1. The SMILES string of the molecule is Cc1ccccc1CN1CCN([C@@H](C)c2nnc(-c3ccc(F)cc3)o2)CC1. The number of aryl methyl sites for hydroxylation is 1. The van der Waals surface area contributed by atoms with Crippen LogP contribution < -0.4 is 0 Å². The Kier molecular flexibility index (Phi) is 5.50. The average Bonchev–Trinajstić information content (AvgIpc) is 3.20. The molecule has 1 saturated heterocycles. The molecule has 0 amide bonds. The summed E-state index contributed by atoms with van der Waals surface area (Å²) in [6, 6.07) is 14.7. The Morgan fingerprint density at radius 2 is 1.71 bits per heavy atom. The van der Waals surface area contributed by atoms with Crippen molar-refractivity contribution in [1.29, 1.82) is 0 Å². The highest BCUT2D eigenvalue weighted by atomic mass is 19.1. The topological polar surface area (TPSA) is 45.4 Å². The molecule has 0 unspecified atom stereocenters. The molecule has 28 heavy (non-hydrogen) atoms. The van der Waals surface area contributed by atoms with Crippen LogP contribution in [0.25, 0.3) is 11.5 Å². The molecule has 1 aromatic heterocycles. The second kappa shape index (κ2) is 8.20. The van der Waals surface area contributed by atoms with Crippen molar-refractivity contribution in [3.05, 3.63) is 71.4 Å². The molecule has 5 nitrogen and oxygen atoms in total. The normalized spacial score (nSPS) is 17.0. The van der Waals surface area contributed by atoms with Gasteiger partial charge in [0.05, 0.1) is 6.04 Å². The summed E-state index contributed by atoms with van der Waals surface area (Å²) >= 11 is 0. The Balaban J connectivity index is 1.36. The summed E-state index contributed by atoms with van der Waals surface area (Å²) in [5, 5.41) is 8.36. The Bertz CT molecular complexity index is 916. The van der Waals surface area contributed by atoms with E-state index in [0.29, 0.717) is 11.8 Å². The molecule has 0 spiro atoms. The van der Waals surface area contributed by atoms with Gasteiger partial charge >= 0.3 is 0 Å². The molecule has 146 valence electrons. The van der Waals surface area contributed by atoms with Crippen LogP contribution in [0.15, 0.2) is 52.9 Å². The van der Waals surface area contributed by atoms with Crippen LogP contribution in [0.4, 0.5) is 4.39 Å². The molecule has 0 N–H and O–H groups in total. The number of hydrogen-bond donors (Lipinski definition) is 0. The molecule has 3 aromatic rings. The number of piperazine rings is 1. The van der Waals surface area contributed by atoms with Gasteiger partial charge in [-0.1, -0.05) is 24.3 Å². The minimum atomic E-state index is -0.277. The molecule has 4 rings (SSSR count). The van der Waals surface area contributed by atoms with E-state index in [4.69, 9.17) is 4.42 Å². The molecule has 2 aromatic carbocycles. The van der Waals surface area contributed by atoms with Crippen molar-refractivity contribution in [2.75, 3.05) is 26.2 Å². The Labute approximate surface area is 164 Å². The van der Waals surface area contributed by atoms with Gasteiger partial charge in [-0.3, -0.25) is 9.80 Å². The maximum atomic E-state index is 13.1. The first-order valence-electron chi connectivity index (χ1n) is 9.70. The third-order valence-electron chi connectivity index (χ3n) is 5.50. The van der Waals surface area contributed by atoms with Gasteiger partial charge in [-0.15, -0.1) is 10.2 Å². The summed E-state index contributed by atoms with van der Waals surface area (Å²) in [6.45, 7) is 9.20. The predicted molar refractivity (Wildman–Crippen MR) is 106 cm³/mol. The van der Waals surface area contributed by atoms with Crippen LogP contribution in [0.5, 0.6) is 0 Å². The number of benzene rings is 2. The lowest BCUT2D eigenvalue weighted by Gasteiger charge is -2.37. The smallest absolute Gasteiger partial charge is 0.247 e. The number of hydrogen-bond acceptors (Lipinski definition) is 5. The number of rotatable bonds is 5. The fourth-order valence-corrected chi connectivity index (χ4v) is 3.61. The lowest BCUT2D eigenvalue weighted by atomic mass is 10.1. The Morgan fingerprint density at radius 1 is 1.00 bits per heavy atom. The second-order valence-corrected chi connectivity index (χ2v) is 7.37. The van der Waals surface area contributed by atoms with Crippen LogP contribution in [-0.4, -0.2) is 46.2 Å². The minimum absolute atomic E-state index is 0.0577. The zero-order valence-corrected chi connectivity index (χ0v) is 16.3. The zero-order valence-electron chi connectivity index (χ0n) is 16.3. The number of nitrogens with zero attached hydrogens (tertiary/aromatic N) is 4. The van der Waals surface area contributed by atoms with Gasteiger partial charge in [0, 0.05) is 38.3 Å². The van der Waals surface area contributed by atoms with E-state index in [2.05, 4.69) is 58.1 Å². The highest BCUT2D eigenvalue weighted by Gasteiger charge is 2.26. The number of halogens is 1. The van der Waals surface area contributed by atoms with Gasteiger partial charge in [0.25, 0.3) is 0 Å². The molecule has 1 aliphatic heterocycles. The van der Waals surface area contributed by atoms with Crippen LogP contribution in [-0.2, 0) is 6.54 Å². The zero-order chi connectivity index (χ0) is 19.5. The van der Waals surface area contributed by atoms with Gasteiger partial charge in [0.15, 0.2) is 0 Å². The summed E-state index contributed by atoms with van der Waals surface area (Å²) in [6.07, 6.45) is 0. The molecule has 1 atom stereocenters. The van der Waals surface area contributed by atoms with E-state index in [1.165, 1.54) is 23.3 Å². The van der Waals surface area contributed by atoms with Crippen LogP contribution in [0.1, 0.15) is 30.0 Å². The fourth-order valence-electron chi connectivity index (χ4n) is 3.61. The summed E-state index contributed by atoms with van der Waals surface area (Å²) in [5.74, 6) is 0.757. The monoisotopic (exact) mass is 380 g/mol. The Hall–Kier alpha value is -2.57. The molecule has 0 radical (unpaired) electrons. The van der Waals surface area contributed by atoms with Gasteiger partial charge in [0.2, 0.25) is 11.8 Å². The highest BCUT2D eigenvalue weighted by Crippen LogP contribution is 2.25. The van der Waals surface area contributed by atoms with Crippen molar-refractivity contribution >= 4 is 0 Å². The van der Waals surface area contributed by atoms with Crippen LogP contribution >= 0.6 is 0 Å². The van der Waals surface area contributed by atoms with Crippen molar-refractivity contribution in [1.82, 2.24) is 20.0 Å². The molecular weight excluding hydrogens is 355 g/mol. The summed E-state index contributed by atoms with van der Waals surface area (Å²) < 4.78 is 19.0. The molecule has 0 aliphatic carbocycles. The molecule has 6 heteroatoms. The van der Waals surface area contributed by atoms with Crippen molar-refractivity contribution in [2.24, 2.45) is 0 Å². The van der Waals surface area contributed by atoms with E-state index >= 15 is 0 Å². The predicted octanol–water partition coefficient (Wildman–Crippen LogP) is 4.06.